The average molecular weight is 385 g/mol. The second kappa shape index (κ2) is 8.52. The van der Waals surface area contributed by atoms with Crippen molar-refractivity contribution >= 4 is 11.7 Å². The van der Waals surface area contributed by atoms with Gasteiger partial charge >= 0.3 is 5.82 Å². The van der Waals surface area contributed by atoms with E-state index in [0.717, 1.165) is 19.6 Å². The lowest BCUT2D eigenvalue weighted by Gasteiger charge is -2.36. The van der Waals surface area contributed by atoms with E-state index in [1.54, 1.807) is 11.6 Å². The Morgan fingerprint density at radius 3 is 2.39 bits per heavy atom. The van der Waals surface area contributed by atoms with Crippen LogP contribution < -0.4 is 0 Å². The van der Waals surface area contributed by atoms with Crippen LogP contribution in [0.25, 0.3) is 0 Å². The van der Waals surface area contributed by atoms with Crippen LogP contribution >= 0.6 is 0 Å². The summed E-state index contributed by atoms with van der Waals surface area (Å²) < 4.78 is 1.55. The average Bonchev–Trinajstić information content (AvgIpc) is 3.04. The Hall–Kier alpha value is -2.74. The van der Waals surface area contributed by atoms with Crippen LogP contribution in [-0.2, 0) is 17.9 Å². The van der Waals surface area contributed by atoms with Crippen LogP contribution in [0.4, 0.5) is 5.82 Å². The molecule has 1 unspecified atom stereocenters. The van der Waals surface area contributed by atoms with Gasteiger partial charge in [0.1, 0.15) is 0 Å². The standard InChI is InChI=1S/C20H27N5O3/c1-15-4-6-18(7-5-15)14-22-8-10-23(11-9-22)20(26)16(2)13-24-17(3)12-19(21-24)25(27)28/h4-7,12,16H,8-11,13-14H2,1-3H3. The summed E-state index contributed by atoms with van der Waals surface area (Å²) in [7, 11) is 0. The normalized spacial score (nSPS) is 16.2. The van der Waals surface area contributed by atoms with Gasteiger partial charge in [-0.25, -0.2) is 0 Å². The molecule has 28 heavy (non-hydrogen) atoms. The fourth-order valence-corrected chi connectivity index (χ4v) is 3.49. The van der Waals surface area contributed by atoms with E-state index in [4.69, 9.17) is 0 Å². The molecule has 1 aliphatic rings. The maximum Gasteiger partial charge on any atom is 0.390 e. The van der Waals surface area contributed by atoms with Gasteiger partial charge in [0.05, 0.1) is 29.3 Å². The molecule has 1 fully saturated rings. The number of piperazine rings is 1. The van der Waals surface area contributed by atoms with Crippen molar-refractivity contribution in [3.05, 3.63) is 57.3 Å². The summed E-state index contributed by atoms with van der Waals surface area (Å²) in [6.07, 6.45) is 0. The molecule has 2 heterocycles. The largest absolute Gasteiger partial charge is 0.390 e. The minimum Gasteiger partial charge on any atom is -0.358 e. The lowest BCUT2D eigenvalue weighted by molar-refractivity contribution is -0.389. The predicted octanol–water partition coefficient (Wildman–Crippen LogP) is 2.39. The quantitative estimate of drug-likeness (QED) is 0.563. The number of hydrogen-bond acceptors (Lipinski definition) is 5. The Balaban J connectivity index is 1.51. The van der Waals surface area contributed by atoms with Crippen LogP contribution in [0, 0.1) is 29.9 Å². The number of aromatic nitrogens is 2. The van der Waals surface area contributed by atoms with Gasteiger partial charge in [0.15, 0.2) is 0 Å². The van der Waals surface area contributed by atoms with Crippen molar-refractivity contribution in [2.45, 2.75) is 33.9 Å². The molecule has 1 amide bonds. The smallest absolute Gasteiger partial charge is 0.358 e. The third-order valence-corrected chi connectivity index (χ3v) is 5.23. The topological polar surface area (TPSA) is 84.5 Å². The van der Waals surface area contributed by atoms with Crippen molar-refractivity contribution in [3.63, 3.8) is 0 Å². The summed E-state index contributed by atoms with van der Waals surface area (Å²) >= 11 is 0. The molecule has 1 saturated heterocycles. The number of hydrogen-bond donors (Lipinski definition) is 0. The summed E-state index contributed by atoms with van der Waals surface area (Å²) in [6.45, 7) is 10.0. The van der Waals surface area contributed by atoms with Gasteiger partial charge in [-0.1, -0.05) is 36.8 Å². The number of nitrogens with zero attached hydrogens (tertiary/aromatic N) is 5. The first kappa shape index (κ1) is 20.0. The minimum absolute atomic E-state index is 0.0764. The highest BCUT2D eigenvalue weighted by atomic mass is 16.6. The highest BCUT2D eigenvalue weighted by Crippen LogP contribution is 2.16. The van der Waals surface area contributed by atoms with E-state index in [9.17, 15) is 14.9 Å². The van der Waals surface area contributed by atoms with E-state index in [-0.39, 0.29) is 17.6 Å². The van der Waals surface area contributed by atoms with Crippen LogP contribution in [0.2, 0.25) is 0 Å². The summed E-state index contributed by atoms with van der Waals surface area (Å²) in [5, 5.41) is 14.8. The molecule has 3 rings (SSSR count). The van der Waals surface area contributed by atoms with Gasteiger partial charge in [0.2, 0.25) is 5.91 Å². The van der Waals surface area contributed by atoms with Crippen molar-refractivity contribution in [2.24, 2.45) is 5.92 Å². The van der Waals surface area contributed by atoms with Crippen molar-refractivity contribution in [1.82, 2.24) is 19.6 Å². The zero-order valence-corrected chi connectivity index (χ0v) is 16.7. The molecular weight excluding hydrogens is 358 g/mol. The second-order valence-corrected chi connectivity index (χ2v) is 7.57. The molecule has 0 bridgehead atoms. The van der Waals surface area contributed by atoms with E-state index in [0.29, 0.717) is 25.3 Å². The van der Waals surface area contributed by atoms with E-state index >= 15 is 0 Å². The van der Waals surface area contributed by atoms with Crippen LogP contribution in [0.15, 0.2) is 30.3 Å². The number of rotatable bonds is 6. The Bertz CT molecular complexity index is 838. The first-order valence-corrected chi connectivity index (χ1v) is 9.59. The summed E-state index contributed by atoms with van der Waals surface area (Å²) in [4.78, 5) is 27.4. The number of carbonyl (C=O) groups excluding carboxylic acids is 1. The van der Waals surface area contributed by atoms with Crippen LogP contribution in [0.3, 0.4) is 0 Å². The van der Waals surface area contributed by atoms with E-state index in [1.807, 2.05) is 11.8 Å². The van der Waals surface area contributed by atoms with E-state index in [1.165, 1.54) is 17.2 Å². The van der Waals surface area contributed by atoms with Gasteiger partial charge < -0.3 is 15.0 Å². The molecule has 0 N–H and O–H groups in total. The molecule has 1 aromatic carbocycles. The van der Waals surface area contributed by atoms with Crippen LogP contribution in [0.5, 0.6) is 0 Å². The molecule has 2 aromatic rings. The fourth-order valence-electron chi connectivity index (χ4n) is 3.49. The number of nitro groups is 1. The number of benzene rings is 1. The lowest BCUT2D eigenvalue weighted by atomic mass is 10.1. The summed E-state index contributed by atoms with van der Waals surface area (Å²) in [6, 6.07) is 9.99. The molecule has 0 spiro atoms. The van der Waals surface area contributed by atoms with E-state index < -0.39 is 4.92 Å². The second-order valence-electron chi connectivity index (χ2n) is 7.57. The molecule has 8 nitrogen and oxygen atoms in total. The van der Waals surface area contributed by atoms with Crippen molar-refractivity contribution in [1.29, 1.82) is 0 Å². The zero-order valence-electron chi connectivity index (χ0n) is 16.7. The van der Waals surface area contributed by atoms with Gasteiger partial charge in [-0.05, 0) is 24.3 Å². The molecule has 0 saturated carbocycles. The SMILES string of the molecule is Cc1ccc(CN2CCN(C(=O)C(C)Cn3nc([N+](=O)[O-])cc3C)CC2)cc1. The molecule has 1 aromatic heterocycles. The monoisotopic (exact) mass is 385 g/mol. The maximum atomic E-state index is 12.8. The zero-order chi connectivity index (χ0) is 20.3. The summed E-state index contributed by atoms with van der Waals surface area (Å²) in [5.41, 5.74) is 3.23. The van der Waals surface area contributed by atoms with Crippen LogP contribution in [-0.4, -0.2) is 56.6 Å². The maximum absolute atomic E-state index is 12.8. The summed E-state index contributed by atoms with van der Waals surface area (Å²) in [5.74, 6) is -0.378. The minimum atomic E-state index is -0.511. The molecular formula is C20H27N5O3. The third kappa shape index (κ3) is 4.75. The van der Waals surface area contributed by atoms with Crippen molar-refractivity contribution in [3.8, 4) is 0 Å². The number of aryl methyl sites for hydroxylation is 2. The van der Waals surface area contributed by atoms with Gasteiger partial charge in [0, 0.05) is 32.7 Å². The number of amides is 1. The first-order chi connectivity index (χ1) is 13.3. The molecule has 8 heteroatoms. The molecule has 1 atom stereocenters. The third-order valence-electron chi connectivity index (χ3n) is 5.23. The van der Waals surface area contributed by atoms with Crippen molar-refractivity contribution in [2.75, 3.05) is 26.2 Å². The number of carbonyl (C=O) groups is 1. The highest BCUT2D eigenvalue weighted by molar-refractivity contribution is 5.78. The molecule has 0 radical (unpaired) electrons. The Labute approximate surface area is 164 Å². The van der Waals surface area contributed by atoms with Gasteiger partial charge in [-0.2, -0.15) is 4.68 Å². The first-order valence-electron chi connectivity index (χ1n) is 9.59. The Kier molecular flexibility index (Phi) is 6.08. The molecule has 150 valence electrons. The Morgan fingerprint density at radius 1 is 1.18 bits per heavy atom. The van der Waals surface area contributed by atoms with Gasteiger partial charge in [-0.15, -0.1) is 0 Å². The van der Waals surface area contributed by atoms with E-state index in [2.05, 4.69) is 41.2 Å². The van der Waals surface area contributed by atoms with Gasteiger partial charge in [-0.3, -0.25) is 9.69 Å². The van der Waals surface area contributed by atoms with Crippen LogP contribution in [0.1, 0.15) is 23.7 Å². The fraction of sp³-hybridized carbons (Fsp3) is 0.500. The van der Waals surface area contributed by atoms with Gasteiger partial charge in [0.25, 0.3) is 0 Å². The lowest BCUT2D eigenvalue weighted by Crippen LogP contribution is -2.50. The highest BCUT2D eigenvalue weighted by Gasteiger charge is 2.27. The molecule has 0 aliphatic carbocycles. The Morgan fingerprint density at radius 2 is 1.82 bits per heavy atom. The predicted molar refractivity (Wildman–Crippen MR) is 106 cm³/mol. The van der Waals surface area contributed by atoms with Crippen molar-refractivity contribution < 1.29 is 9.72 Å². The molecule has 1 aliphatic heterocycles.